The number of guanidine groups is 1. The van der Waals surface area contributed by atoms with Crippen LogP contribution in [0.1, 0.15) is 39.0 Å². The third kappa shape index (κ3) is 5.68. The molecule has 0 heterocycles. The van der Waals surface area contributed by atoms with Crippen molar-refractivity contribution < 1.29 is 23.9 Å². The van der Waals surface area contributed by atoms with Crippen molar-refractivity contribution in [1.29, 1.82) is 0 Å². The molecule has 8 nitrogen and oxygen atoms in total. The van der Waals surface area contributed by atoms with Crippen LogP contribution in [0.4, 0.5) is 4.79 Å². The molecule has 3 N–H and O–H groups in total. The number of carbonyl (C=O) groups excluding carboxylic acids is 3. The lowest BCUT2D eigenvalue weighted by Crippen LogP contribution is -2.39. The average Bonchev–Trinajstić information content (AvgIpc) is 2.39. The fraction of sp³-hybridized carbons (Fsp3) is 0.667. The van der Waals surface area contributed by atoms with Gasteiger partial charge in [-0.15, -0.1) is 0 Å². The van der Waals surface area contributed by atoms with E-state index < -0.39 is 18.3 Å². The van der Waals surface area contributed by atoms with Gasteiger partial charge in [-0.1, -0.05) is 19.3 Å². The van der Waals surface area contributed by atoms with Crippen molar-refractivity contribution in [3.8, 4) is 0 Å². The highest BCUT2D eigenvalue weighted by Gasteiger charge is 2.25. The van der Waals surface area contributed by atoms with Crippen molar-refractivity contribution in [3.63, 3.8) is 0 Å². The van der Waals surface area contributed by atoms with E-state index in [4.69, 9.17) is 15.2 Å². The van der Waals surface area contributed by atoms with Gasteiger partial charge in [0.2, 0.25) is 18.7 Å². The normalized spacial score (nSPS) is 17.9. The van der Waals surface area contributed by atoms with Gasteiger partial charge in [0.05, 0.1) is 5.92 Å². The number of rotatable bonds is 4. The summed E-state index contributed by atoms with van der Waals surface area (Å²) < 4.78 is 9.79. The Morgan fingerprint density at radius 1 is 1.30 bits per heavy atom. The molecule has 1 atom stereocenters. The summed E-state index contributed by atoms with van der Waals surface area (Å²) >= 11 is 0. The lowest BCUT2D eigenvalue weighted by molar-refractivity contribution is -0.170. The molecule has 0 aromatic carbocycles. The third-order valence-corrected chi connectivity index (χ3v) is 2.92. The van der Waals surface area contributed by atoms with Crippen molar-refractivity contribution in [2.45, 2.75) is 45.3 Å². The molecular formula is C12H19N3O5. The van der Waals surface area contributed by atoms with Gasteiger partial charge >= 0.3 is 12.1 Å². The first kappa shape index (κ1) is 15.9. The summed E-state index contributed by atoms with van der Waals surface area (Å²) in [6.45, 7) is 1.42. The molecule has 1 aliphatic carbocycles. The number of nitrogens with two attached hydrogens (primary N) is 1. The second-order valence-corrected chi connectivity index (χ2v) is 4.49. The van der Waals surface area contributed by atoms with Crippen LogP contribution in [0.25, 0.3) is 0 Å². The molecule has 0 spiro atoms. The number of alkyl carbamates (subject to hydrolysis) is 1. The molecule has 0 radical (unpaired) electrons. The lowest BCUT2D eigenvalue weighted by Gasteiger charge is -2.22. The van der Waals surface area contributed by atoms with E-state index in [1.54, 1.807) is 0 Å². The summed E-state index contributed by atoms with van der Waals surface area (Å²) in [5, 5.41) is 2.01. The first-order valence-corrected chi connectivity index (χ1v) is 6.48. The minimum atomic E-state index is -1.03. The van der Waals surface area contributed by atoms with E-state index in [9.17, 15) is 14.4 Å². The lowest BCUT2D eigenvalue weighted by atomic mass is 9.89. The number of aliphatic imine (C=N–C) groups is 1. The SMILES string of the molecule is CC(OC(=O)NC(N)=NC=O)OC(=O)C1CCCCC1. The summed E-state index contributed by atoms with van der Waals surface area (Å²) in [6, 6.07) is 0. The fourth-order valence-corrected chi connectivity index (χ4v) is 2.00. The van der Waals surface area contributed by atoms with Crippen LogP contribution < -0.4 is 11.1 Å². The molecule has 0 aromatic rings. The topological polar surface area (TPSA) is 120 Å². The van der Waals surface area contributed by atoms with E-state index in [2.05, 4.69) is 4.99 Å². The molecule has 1 rings (SSSR count). The van der Waals surface area contributed by atoms with Gasteiger partial charge < -0.3 is 15.2 Å². The highest BCUT2D eigenvalue weighted by atomic mass is 16.7. The number of esters is 1. The summed E-state index contributed by atoms with van der Waals surface area (Å²) in [4.78, 5) is 36.2. The van der Waals surface area contributed by atoms with Crippen molar-refractivity contribution in [2.24, 2.45) is 16.6 Å². The zero-order chi connectivity index (χ0) is 15.0. The molecule has 20 heavy (non-hydrogen) atoms. The average molecular weight is 285 g/mol. The number of ether oxygens (including phenoxy) is 2. The molecule has 1 aliphatic rings. The molecule has 8 heteroatoms. The minimum Gasteiger partial charge on any atom is -0.425 e. The van der Waals surface area contributed by atoms with Crippen LogP contribution in [0.3, 0.4) is 0 Å². The maximum atomic E-state index is 11.8. The number of hydrogen-bond donors (Lipinski definition) is 2. The molecule has 0 saturated heterocycles. The first-order chi connectivity index (χ1) is 9.52. The van der Waals surface area contributed by atoms with Gasteiger partial charge in [-0.2, -0.15) is 4.99 Å². The third-order valence-electron chi connectivity index (χ3n) is 2.92. The van der Waals surface area contributed by atoms with Crippen LogP contribution in [0.2, 0.25) is 0 Å². The van der Waals surface area contributed by atoms with Crippen LogP contribution in [0.5, 0.6) is 0 Å². The number of nitrogens with zero attached hydrogens (tertiary/aromatic N) is 1. The number of hydrogen-bond acceptors (Lipinski definition) is 5. The van der Waals surface area contributed by atoms with E-state index in [1.165, 1.54) is 6.92 Å². The standard InChI is InChI=1S/C12H19N3O5/c1-8(20-12(18)15-11(13)14-7-16)19-10(17)9-5-3-2-4-6-9/h7-9H,2-6H2,1H3,(H3,13,14,15,16,18). The second kappa shape index (κ2) is 8.13. The molecule has 112 valence electrons. The molecule has 2 amide bonds. The Labute approximate surface area is 116 Å². The predicted octanol–water partition coefficient (Wildman–Crippen LogP) is 0.653. The molecule has 1 saturated carbocycles. The molecule has 1 fully saturated rings. The van der Waals surface area contributed by atoms with Crippen LogP contribution in [-0.4, -0.2) is 30.7 Å². The minimum absolute atomic E-state index is 0.125. The summed E-state index contributed by atoms with van der Waals surface area (Å²) in [6.07, 6.45) is 2.95. The van der Waals surface area contributed by atoms with E-state index in [-0.39, 0.29) is 18.3 Å². The van der Waals surface area contributed by atoms with Gasteiger partial charge in [0, 0.05) is 6.92 Å². The van der Waals surface area contributed by atoms with Crippen LogP contribution in [-0.2, 0) is 19.1 Å². The predicted molar refractivity (Wildman–Crippen MR) is 69.4 cm³/mol. The molecule has 1 unspecified atom stereocenters. The highest BCUT2D eigenvalue weighted by Crippen LogP contribution is 2.25. The Hall–Kier alpha value is -2.12. The maximum Gasteiger partial charge on any atom is 0.417 e. The van der Waals surface area contributed by atoms with Gasteiger partial charge in [0.25, 0.3) is 0 Å². The number of nitrogens with one attached hydrogen (secondary N) is 1. The van der Waals surface area contributed by atoms with E-state index in [1.807, 2.05) is 5.32 Å². The van der Waals surface area contributed by atoms with Crippen molar-refractivity contribution in [1.82, 2.24) is 5.32 Å². The van der Waals surface area contributed by atoms with E-state index >= 15 is 0 Å². The first-order valence-electron chi connectivity index (χ1n) is 6.48. The zero-order valence-electron chi connectivity index (χ0n) is 11.3. The van der Waals surface area contributed by atoms with Crippen LogP contribution in [0, 0.1) is 5.92 Å². The Kier molecular flexibility index (Phi) is 6.48. The monoisotopic (exact) mass is 285 g/mol. The largest absolute Gasteiger partial charge is 0.425 e. The van der Waals surface area contributed by atoms with Crippen LogP contribution >= 0.6 is 0 Å². The second-order valence-electron chi connectivity index (χ2n) is 4.49. The van der Waals surface area contributed by atoms with E-state index in [0.717, 1.165) is 32.1 Å². The van der Waals surface area contributed by atoms with Gasteiger partial charge in [-0.3, -0.25) is 14.9 Å². The zero-order valence-corrected chi connectivity index (χ0v) is 11.3. The van der Waals surface area contributed by atoms with E-state index in [0.29, 0.717) is 0 Å². The quantitative estimate of drug-likeness (QED) is 0.257. The Morgan fingerprint density at radius 2 is 1.95 bits per heavy atom. The summed E-state index contributed by atoms with van der Waals surface area (Å²) in [5.74, 6) is -0.880. The fourth-order valence-electron chi connectivity index (χ4n) is 2.00. The number of carbonyl (C=O) groups is 3. The van der Waals surface area contributed by atoms with Gasteiger partial charge in [0.1, 0.15) is 0 Å². The van der Waals surface area contributed by atoms with Crippen molar-refractivity contribution >= 4 is 24.4 Å². The van der Waals surface area contributed by atoms with Gasteiger partial charge in [-0.25, -0.2) is 4.79 Å². The maximum absolute atomic E-state index is 11.8. The number of amides is 2. The van der Waals surface area contributed by atoms with Crippen LogP contribution in [0.15, 0.2) is 4.99 Å². The summed E-state index contributed by atoms with van der Waals surface area (Å²) in [7, 11) is 0. The van der Waals surface area contributed by atoms with Gasteiger partial charge in [0.15, 0.2) is 0 Å². The Balaban J connectivity index is 2.33. The molecule has 0 aromatic heterocycles. The van der Waals surface area contributed by atoms with Crippen molar-refractivity contribution in [3.05, 3.63) is 0 Å². The summed E-state index contributed by atoms with van der Waals surface area (Å²) in [5.41, 5.74) is 5.18. The smallest absolute Gasteiger partial charge is 0.417 e. The molecule has 0 bridgehead atoms. The Bertz CT molecular complexity index is 391. The molecule has 0 aliphatic heterocycles. The Morgan fingerprint density at radius 3 is 2.55 bits per heavy atom. The van der Waals surface area contributed by atoms with Crippen molar-refractivity contribution in [2.75, 3.05) is 0 Å². The highest BCUT2D eigenvalue weighted by molar-refractivity contribution is 5.95. The van der Waals surface area contributed by atoms with Gasteiger partial charge in [-0.05, 0) is 12.8 Å². The molecular weight excluding hydrogens is 266 g/mol.